The molecule has 22 heavy (non-hydrogen) atoms. The molecule has 2 rings (SSSR count). The van der Waals surface area contributed by atoms with Gasteiger partial charge < -0.3 is 0 Å². The Hall–Kier alpha value is -2.49. The van der Waals surface area contributed by atoms with Gasteiger partial charge in [0, 0.05) is 5.56 Å². The van der Waals surface area contributed by atoms with Crippen LogP contribution in [-0.2, 0) is 6.42 Å². The largest absolute Gasteiger partial charge is 0.179 e. The summed E-state index contributed by atoms with van der Waals surface area (Å²) in [6.45, 7) is 4.38. The lowest BCUT2D eigenvalue weighted by molar-refractivity contribution is 0.742. The average Bonchev–Trinajstić information content (AvgIpc) is 2.54. The Morgan fingerprint density at radius 1 is 1.14 bits per heavy atom. The van der Waals surface area contributed by atoms with Crippen molar-refractivity contribution in [3.8, 4) is 11.1 Å². The lowest BCUT2D eigenvalue weighted by Crippen LogP contribution is -1.96. The van der Waals surface area contributed by atoms with E-state index < -0.39 is 0 Å². The molecule has 0 aromatic heterocycles. The molecule has 0 heterocycles. The van der Waals surface area contributed by atoms with Crippen molar-refractivity contribution in [1.82, 2.24) is 5.53 Å². The number of benzene rings is 2. The zero-order chi connectivity index (χ0) is 15.8. The molecule has 0 radical (unpaired) electrons. The molecule has 0 aliphatic heterocycles. The molecule has 0 saturated carbocycles. The molecular weight excluding hydrogens is 272 g/mol. The van der Waals surface area contributed by atoms with Crippen molar-refractivity contribution in [1.29, 1.82) is 0 Å². The van der Waals surface area contributed by atoms with Crippen LogP contribution in [0.1, 0.15) is 30.0 Å². The molecule has 4 nitrogen and oxygen atoms in total. The molecule has 0 aliphatic carbocycles. The monoisotopic (exact) mass is 294 g/mol. The fourth-order valence-electron chi connectivity index (χ4n) is 2.42. The predicted molar refractivity (Wildman–Crippen MR) is 92.1 cm³/mol. The number of aryl methyl sites for hydroxylation is 2. The van der Waals surface area contributed by atoms with Gasteiger partial charge in [-0.2, -0.15) is 15.8 Å². The maximum absolute atomic E-state index is 4.06. The Bertz CT molecular complexity index is 675. The van der Waals surface area contributed by atoms with Crippen LogP contribution >= 0.6 is 0 Å². The van der Waals surface area contributed by atoms with E-state index in [0.29, 0.717) is 0 Å². The first kappa shape index (κ1) is 15.9. The smallest absolute Gasteiger partial charge is 0.0568 e. The van der Waals surface area contributed by atoms with Gasteiger partial charge in [0.1, 0.15) is 0 Å². The van der Waals surface area contributed by atoms with Crippen molar-refractivity contribution >= 4 is 6.21 Å². The fourth-order valence-corrected chi connectivity index (χ4v) is 2.42. The highest BCUT2D eigenvalue weighted by Gasteiger charge is 2.05. The molecule has 0 atom stereocenters. The van der Waals surface area contributed by atoms with Crippen LogP contribution in [-0.4, -0.2) is 13.3 Å². The van der Waals surface area contributed by atoms with Gasteiger partial charge in [-0.15, -0.1) is 0 Å². The number of hydrogen-bond donors (Lipinski definition) is 1. The number of nitrogens with one attached hydrogen (secondary N) is 1. The summed E-state index contributed by atoms with van der Waals surface area (Å²) in [4.78, 5) is 0. The van der Waals surface area contributed by atoms with Gasteiger partial charge in [-0.05, 0) is 35.6 Å². The second kappa shape index (κ2) is 8.08. The minimum Gasteiger partial charge on any atom is -0.179 e. The summed E-state index contributed by atoms with van der Waals surface area (Å²) in [7, 11) is 1.60. The molecule has 0 saturated heterocycles. The summed E-state index contributed by atoms with van der Waals surface area (Å²) in [6.07, 6.45) is 4.02. The number of rotatable bonds is 6. The third-order valence-electron chi connectivity index (χ3n) is 3.55. The summed E-state index contributed by atoms with van der Waals surface area (Å²) < 4.78 is 0. The van der Waals surface area contributed by atoms with Crippen molar-refractivity contribution in [2.45, 2.75) is 26.7 Å². The average molecular weight is 294 g/mol. The van der Waals surface area contributed by atoms with E-state index in [1.807, 2.05) is 18.2 Å². The Labute approximate surface area is 132 Å². The zero-order valence-electron chi connectivity index (χ0n) is 13.4. The van der Waals surface area contributed by atoms with E-state index in [0.717, 1.165) is 18.4 Å². The molecule has 2 aromatic carbocycles. The summed E-state index contributed by atoms with van der Waals surface area (Å²) in [6, 6.07) is 14.9. The Kier molecular flexibility index (Phi) is 5.83. The van der Waals surface area contributed by atoms with Crippen LogP contribution in [0.2, 0.25) is 0 Å². The number of hydrogen-bond acceptors (Lipinski definition) is 3. The maximum Gasteiger partial charge on any atom is 0.0568 e. The minimum absolute atomic E-state index is 1.05. The molecule has 114 valence electrons. The summed E-state index contributed by atoms with van der Waals surface area (Å²) in [5, 5.41) is 11.3. The van der Waals surface area contributed by atoms with Crippen LogP contribution in [0.5, 0.6) is 0 Å². The third-order valence-corrected chi connectivity index (χ3v) is 3.55. The van der Waals surface area contributed by atoms with Crippen LogP contribution < -0.4 is 5.53 Å². The molecule has 1 N–H and O–H groups in total. The molecule has 0 fully saturated rings. The molecule has 0 spiro atoms. The molecule has 0 amide bonds. The number of hydrazone groups is 1. The maximum atomic E-state index is 4.06. The van der Waals surface area contributed by atoms with E-state index in [-0.39, 0.29) is 0 Å². The van der Waals surface area contributed by atoms with E-state index in [2.05, 4.69) is 59.1 Å². The van der Waals surface area contributed by atoms with E-state index in [1.165, 1.54) is 22.3 Å². The highest BCUT2D eigenvalue weighted by molar-refractivity contribution is 5.90. The summed E-state index contributed by atoms with van der Waals surface area (Å²) in [5.74, 6) is 0. The molecule has 4 heteroatoms. The first-order chi connectivity index (χ1) is 10.8. The van der Waals surface area contributed by atoms with Crippen LogP contribution in [0.25, 0.3) is 11.1 Å². The van der Waals surface area contributed by atoms with Gasteiger partial charge >= 0.3 is 0 Å². The zero-order valence-corrected chi connectivity index (χ0v) is 13.4. The molecular formula is C18H22N4. The molecule has 0 bridgehead atoms. The lowest BCUT2D eigenvalue weighted by Gasteiger charge is -2.10. The first-order valence-electron chi connectivity index (χ1n) is 7.52. The van der Waals surface area contributed by atoms with Gasteiger partial charge in [-0.1, -0.05) is 61.0 Å². The normalized spacial score (nSPS) is 11.4. The van der Waals surface area contributed by atoms with Crippen LogP contribution in [0.4, 0.5) is 0 Å². The molecule has 2 aromatic rings. The van der Waals surface area contributed by atoms with Crippen molar-refractivity contribution in [2.75, 3.05) is 7.05 Å². The van der Waals surface area contributed by atoms with Crippen LogP contribution in [0.3, 0.4) is 0 Å². The second-order valence-corrected chi connectivity index (χ2v) is 5.14. The topological polar surface area (TPSA) is 49.1 Å². The highest BCUT2D eigenvalue weighted by atomic mass is 15.6. The SMILES string of the molecule is CCCc1cc(-c2ccccc2/C=N/NN=NC)ccc1C. The Morgan fingerprint density at radius 2 is 1.95 bits per heavy atom. The summed E-state index contributed by atoms with van der Waals surface area (Å²) in [5.41, 5.74) is 8.72. The van der Waals surface area contributed by atoms with Crippen molar-refractivity contribution in [2.24, 2.45) is 15.4 Å². The fraction of sp³-hybridized carbons (Fsp3) is 0.278. The van der Waals surface area contributed by atoms with Crippen molar-refractivity contribution in [3.05, 3.63) is 59.2 Å². The highest BCUT2D eigenvalue weighted by Crippen LogP contribution is 2.25. The van der Waals surface area contributed by atoms with Gasteiger partial charge in [-0.3, -0.25) is 0 Å². The van der Waals surface area contributed by atoms with E-state index in [1.54, 1.807) is 13.3 Å². The van der Waals surface area contributed by atoms with Crippen molar-refractivity contribution in [3.63, 3.8) is 0 Å². The number of nitrogens with zero attached hydrogens (tertiary/aromatic N) is 3. The van der Waals surface area contributed by atoms with Crippen LogP contribution in [0.15, 0.2) is 57.9 Å². The molecule has 0 aliphatic rings. The van der Waals surface area contributed by atoms with E-state index >= 15 is 0 Å². The van der Waals surface area contributed by atoms with Gasteiger partial charge in [0.2, 0.25) is 0 Å². The Morgan fingerprint density at radius 3 is 2.73 bits per heavy atom. The third kappa shape index (κ3) is 4.01. The van der Waals surface area contributed by atoms with Gasteiger partial charge in [0.15, 0.2) is 0 Å². The van der Waals surface area contributed by atoms with E-state index in [4.69, 9.17) is 0 Å². The Balaban J connectivity index is 2.36. The van der Waals surface area contributed by atoms with Crippen LogP contribution in [0, 0.1) is 6.92 Å². The molecule has 0 unspecified atom stereocenters. The second-order valence-electron chi connectivity index (χ2n) is 5.14. The van der Waals surface area contributed by atoms with Gasteiger partial charge in [-0.25, -0.2) is 0 Å². The van der Waals surface area contributed by atoms with Crippen molar-refractivity contribution < 1.29 is 0 Å². The first-order valence-corrected chi connectivity index (χ1v) is 7.52. The lowest BCUT2D eigenvalue weighted by atomic mass is 9.95. The van der Waals surface area contributed by atoms with Gasteiger partial charge in [0.25, 0.3) is 0 Å². The standard InChI is InChI=1S/C18H22N4/c1-4-7-15-12-16(11-10-14(15)2)18-9-6-5-8-17(18)13-20-22-21-19-3/h5-6,8-13H,4,7H2,1-3H3,(H,19,22)/b20-13+. The minimum atomic E-state index is 1.05. The summed E-state index contributed by atoms with van der Waals surface area (Å²) >= 11 is 0. The predicted octanol–water partition coefficient (Wildman–Crippen LogP) is 4.54. The quantitative estimate of drug-likeness (QED) is 0.475. The van der Waals surface area contributed by atoms with E-state index in [9.17, 15) is 0 Å². The van der Waals surface area contributed by atoms with Gasteiger partial charge in [0.05, 0.1) is 13.3 Å².